The van der Waals surface area contributed by atoms with Crippen LogP contribution in [-0.4, -0.2) is 36.0 Å². The Labute approximate surface area is 148 Å². The van der Waals surface area contributed by atoms with Crippen LogP contribution in [0.5, 0.6) is 5.75 Å². The SMILES string of the molecule is C[C@H](Cc1ccc(OCCO)cc1)NC[C@H](O)c1cccc(Cl)c1. The highest BCUT2D eigenvalue weighted by molar-refractivity contribution is 6.30. The van der Waals surface area contributed by atoms with Crippen molar-refractivity contribution in [3.05, 3.63) is 64.7 Å². The number of rotatable bonds is 9. The summed E-state index contributed by atoms with van der Waals surface area (Å²) in [5, 5.41) is 22.9. The molecule has 5 heteroatoms. The third-order valence-electron chi connectivity index (χ3n) is 3.72. The van der Waals surface area contributed by atoms with Crippen molar-refractivity contribution in [2.24, 2.45) is 0 Å². The summed E-state index contributed by atoms with van der Waals surface area (Å²) in [7, 11) is 0. The molecule has 0 amide bonds. The van der Waals surface area contributed by atoms with Crippen LogP contribution in [0.25, 0.3) is 0 Å². The first kappa shape index (κ1) is 18.7. The maximum Gasteiger partial charge on any atom is 0.119 e. The number of nitrogens with one attached hydrogen (secondary N) is 1. The third kappa shape index (κ3) is 6.13. The van der Waals surface area contributed by atoms with Gasteiger partial charge in [-0.2, -0.15) is 0 Å². The van der Waals surface area contributed by atoms with E-state index in [4.69, 9.17) is 21.4 Å². The fourth-order valence-electron chi connectivity index (χ4n) is 2.46. The Hall–Kier alpha value is -1.59. The van der Waals surface area contributed by atoms with Gasteiger partial charge in [0, 0.05) is 17.6 Å². The van der Waals surface area contributed by atoms with Gasteiger partial charge in [0.1, 0.15) is 12.4 Å². The largest absolute Gasteiger partial charge is 0.491 e. The number of hydrogen-bond acceptors (Lipinski definition) is 4. The first-order valence-electron chi connectivity index (χ1n) is 8.08. The summed E-state index contributed by atoms with van der Waals surface area (Å²) in [5.41, 5.74) is 2.00. The molecular formula is C19H24ClNO3. The topological polar surface area (TPSA) is 61.7 Å². The van der Waals surface area contributed by atoms with Crippen LogP contribution in [0.2, 0.25) is 5.02 Å². The Morgan fingerprint density at radius 3 is 2.58 bits per heavy atom. The molecule has 24 heavy (non-hydrogen) atoms. The smallest absolute Gasteiger partial charge is 0.119 e. The molecule has 2 aromatic rings. The standard InChI is InChI=1S/C19H24ClNO3/c1-14(11-15-5-7-18(8-6-15)24-10-9-22)21-13-19(23)16-3-2-4-17(20)12-16/h2-8,12,14,19,21-23H,9-11,13H2,1H3/t14-,19+/m1/s1. The van der Waals surface area contributed by atoms with E-state index in [0.717, 1.165) is 17.7 Å². The van der Waals surface area contributed by atoms with Crippen LogP contribution in [0.3, 0.4) is 0 Å². The lowest BCUT2D eigenvalue weighted by Crippen LogP contribution is -2.32. The van der Waals surface area contributed by atoms with Gasteiger partial charge in [-0.05, 0) is 48.7 Å². The van der Waals surface area contributed by atoms with Crippen LogP contribution < -0.4 is 10.1 Å². The molecule has 130 valence electrons. The van der Waals surface area contributed by atoms with E-state index in [-0.39, 0.29) is 12.6 Å². The molecule has 0 unspecified atom stereocenters. The molecule has 2 atom stereocenters. The number of hydrogen-bond donors (Lipinski definition) is 3. The number of halogens is 1. The molecule has 0 aliphatic heterocycles. The second-order valence-corrected chi connectivity index (χ2v) is 6.24. The van der Waals surface area contributed by atoms with Crippen LogP contribution >= 0.6 is 11.6 Å². The molecule has 0 aliphatic rings. The summed E-state index contributed by atoms with van der Waals surface area (Å²) in [6.07, 6.45) is 0.267. The van der Waals surface area contributed by atoms with Crippen molar-refractivity contribution in [1.29, 1.82) is 0 Å². The Kier molecular flexibility index (Phi) is 7.53. The number of aliphatic hydroxyl groups is 2. The minimum atomic E-state index is -0.583. The maximum atomic E-state index is 10.2. The van der Waals surface area contributed by atoms with E-state index in [0.29, 0.717) is 18.2 Å². The zero-order valence-corrected chi connectivity index (χ0v) is 14.5. The van der Waals surface area contributed by atoms with Gasteiger partial charge in [0.25, 0.3) is 0 Å². The van der Waals surface area contributed by atoms with Crippen molar-refractivity contribution in [1.82, 2.24) is 5.32 Å². The fourth-order valence-corrected chi connectivity index (χ4v) is 2.65. The van der Waals surface area contributed by atoms with E-state index in [1.807, 2.05) is 36.4 Å². The minimum absolute atomic E-state index is 0.0116. The minimum Gasteiger partial charge on any atom is -0.491 e. The van der Waals surface area contributed by atoms with Gasteiger partial charge in [0.15, 0.2) is 0 Å². The van der Waals surface area contributed by atoms with E-state index >= 15 is 0 Å². The summed E-state index contributed by atoms with van der Waals surface area (Å²) >= 11 is 5.95. The highest BCUT2D eigenvalue weighted by Crippen LogP contribution is 2.17. The Morgan fingerprint density at radius 2 is 1.92 bits per heavy atom. The summed E-state index contributed by atoms with van der Waals surface area (Å²) in [6.45, 7) is 2.87. The fraction of sp³-hybridized carbons (Fsp3) is 0.368. The van der Waals surface area contributed by atoms with E-state index in [1.54, 1.807) is 12.1 Å². The zero-order valence-electron chi connectivity index (χ0n) is 13.8. The van der Waals surface area contributed by atoms with Gasteiger partial charge >= 0.3 is 0 Å². The molecule has 3 N–H and O–H groups in total. The van der Waals surface area contributed by atoms with Crippen molar-refractivity contribution >= 4 is 11.6 Å². The molecule has 0 aromatic heterocycles. The first-order chi connectivity index (χ1) is 11.6. The van der Waals surface area contributed by atoms with Crippen molar-refractivity contribution in [3.8, 4) is 5.75 Å². The van der Waals surface area contributed by atoms with Crippen molar-refractivity contribution < 1.29 is 14.9 Å². The summed E-state index contributed by atoms with van der Waals surface area (Å²) in [4.78, 5) is 0. The summed E-state index contributed by atoms with van der Waals surface area (Å²) in [6, 6.07) is 15.3. The summed E-state index contributed by atoms with van der Waals surface area (Å²) in [5.74, 6) is 0.754. The van der Waals surface area contributed by atoms with Crippen LogP contribution in [0.1, 0.15) is 24.2 Å². The zero-order chi connectivity index (χ0) is 17.4. The predicted octanol–water partition coefficient (Wildman–Crippen LogP) is 2.97. The first-order valence-corrected chi connectivity index (χ1v) is 8.46. The molecule has 4 nitrogen and oxygen atoms in total. The molecule has 0 saturated heterocycles. The third-order valence-corrected chi connectivity index (χ3v) is 3.95. The van der Waals surface area contributed by atoms with Gasteiger partial charge in [0.2, 0.25) is 0 Å². The molecule has 0 fully saturated rings. The van der Waals surface area contributed by atoms with Gasteiger partial charge < -0.3 is 20.3 Å². The average Bonchev–Trinajstić information content (AvgIpc) is 2.59. The second kappa shape index (κ2) is 9.64. The van der Waals surface area contributed by atoms with Crippen LogP contribution in [0, 0.1) is 0 Å². The van der Waals surface area contributed by atoms with E-state index in [2.05, 4.69) is 12.2 Å². The van der Waals surface area contributed by atoms with Crippen molar-refractivity contribution in [2.75, 3.05) is 19.8 Å². The highest BCUT2D eigenvalue weighted by atomic mass is 35.5. The normalized spacial score (nSPS) is 13.5. The van der Waals surface area contributed by atoms with Gasteiger partial charge in [-0.15, -0.1) is 0 Å². The van der Waals surface area contributed by atoms with Gasteiger partial charge in [-0.1, -0.05) is 35.9 Å². The molecule has 2 aromatic carbocycles. The molecule has 0 heterocycles. The van der Waals surface area contributed by atoms with Gasteiger partial charge in [-0.25, -0.2) is 0 Å². The molecule has 0 aliphatic carbocycles. The lowest BCUT2D eigenvalue weighted by atomic mass is 10.1. The van der Waals surface area contributed by atoms with E-state index in [9.17, 15) is 5.11 Å². The van der Waals surface area contributed by atoms with Gasteiger partial charge in [-0.3, -0.25) is 0 Å². The van der Waals surface area contributed by atoms with Crippen molar-refractivity contribution in [3.63, 3.8) is 0 Å². The molecular weight excluding hydrogens is 326 g/mol. The number of benzene rings is 2. The average molecular weight is 350 g/mol. The maximum absolute atomic E-state index is 10.2. The van der Waals surface area contributed by atoms with Crippen LogP contribution in [0.4, 0.5) is 0 Å². The predicted molar refractivity (Wildman–Crippen MR) is 96.6 cm³/mol. The van der Waals surface area contributed by atoms with Crippen molar-refractivity contribution in [2.45, 2.75) is 25.5 Å². The molecule has 0 radical (unpaired) electrons. The summed E-state index contributed by atoms with van der Waals surface area (Å²) < 4.78 is 5.34. The molecule has 0 saturated carbocycles. The van der Waals surface area contributed by atoms with Crippen LogP contribution in [-0.2, 0) is 6.42 Å². The Morgan fingerprint density at radius 1 is 1.17 bits per heavy atom. The Bertz CT molecular complexity index is 618. The Balaban J connectivity index is 1.79. The number of ether oxygens (including phenoxy) is 1. The highest BCUT2D eigenvalue weighted by Gasteiger charge is 2.10. The monoisotopic (exact) mass is 349 g/mol. The molecule has 2 rings (SSSR count). The van der Waals surface area contributed by atoms with E-state index in [1.165, 1.54) is 5.56 Å². The second-order valence-electron chi connectivity index (χ2n) is 5.80. The van der Waals surface area contributed by atoms with Gasteiger partial charge in [0.05, 0.1) is 12.7 Å². The molecule has 0 bridgehead atoms. The van der Waals surface area contributed by atoms with E-state index < -0.39 is 6.10 Å². The lowest BCUT2D eigenvalue weighted by molar-refractivity contribution is 0.170. The molecule has 0 spiro atoms. The number of aliphatic hydroxyl groups excluding tert-OH is 2. The van der Waals surface area contributed by atoms with Crippen LogP contribution in [0.15, 0.2) is 48.5 Å². The quantitative estimate of drug-likeness (QED) is 0.651. The lowest BCUT2D eigenvalue weighted by Gasteiger charge is -2.18.